The first-order valence-corrected chi connectivity index (χ1v) is 7.92. The van der Waals surface area contributed by atoms with E-state index < -0.39 is 4.92 Å². The molecule has 0 radical (unpaired) electrons. The van der Waals surface area contributed by atoms with Crippen molar-refractivity contribution in [2.75, 3.05) is 6.54 Å². The first kappa shape index (κ1) is 17.6. The number of benzene rings is 1. The number of furan rings is 1. The molecule has 0 fully saturated rings. The molecule has 8 heteroatoms. The zero-order chi connectivity index (χ0) is 17.4. The van der Waals surface area contributed by atoms with E-state index in [1.165, 1.54) is 18.3 Å². The summed E-state index contributed by atoms with van der Waals surface area (Å²) in [5.41, 5.74) is 3.51. The monoisotopic (exact) mass is 346 g/mol. The largest absolute Gasteiger partial charge is 0.455 e. The summed E-state index contributed by atoms with van der Waals surface area (Å²) in [5.74, 6) is 1.15. The molecule has 1 heterocycles. The Morgan fingerprint density at radius 1 is 1.33 bits per heavy atom. The summed E-state index contributed by atoms with van der Waals surface area (Å²) >= 11 is 5.08. The van der Waals surface area contributed by atoms with Gasteiger partial charge in [0.05, 0.1) is 11.1 Å². The highest BCUT2D eigenvalue weighted by molar-refractivity contribution is 7.80. The smallest absolute Gasteiger partial charge is 0.269 e. The molecule has 0 saturated carbocycles. The topological polar surface area (TPSA) is 92.7 Å². The number of hydrazone groups is 1. The molecule has 0 saturated heterocycles. The van der Waals surface area contributed by atoms with Gasteiger partial charge in [-0.1, -0.05) is 13.3 Å². The van der Waals surface area contributed by atoms with Gasteiger partial charge < -0.3 is 9.73 Å². The van der Waals surface area contributed by atoms with Crippen molar-refractivity contribution in [2.24, 2.45) is 5.10 Å². The zero-order valence-corrected chi connectivity index (χ0v) is 14.0. The fraction of sp³-hybridized carbons (Fsp3) is 0.250. The van der Waals surface area contributed by atoms with Gasteiger partial charge in [0.1, 0.15) is 11.5 Å². The standard InChI is InChI=1S/C16H18N4O3S/c1-2-3-10-17-16(24)19-18-11-14-8-9-15(23-14)12-4-6-13(7-5-12)20(21)22/h4-9,11H,2-3,10H2,1H3,(H2,17,19,24). The molecule has 0 aliphatic carbocycles. The number of nitrogens with zero attached hydrogens (tertiary/aromatic N) is 2. The molecule has 0 amide bonds. The molecule has 1 aromatic carbocycles. The maximum absolute atomic E-state index is 10.7. The van der Waals surface area contributed by atoms with Crippen LogP contribution < -0.4 is 10.7 Å². The Hall–Kier alpha value is -2.74. The number of nitro benzene ring substituents is 1. The fourth-order valence-electron chi connectivity index (χ4n) is 1.90. The van der Waals surface area contributed by atoms with Crippen LogP contribution in [0, 0.1) is 10.1 Å². The summed E-state index contributed by atoms with van der Waals surface area (Å²) in [7, 11) is 0. The molecule has 2 rings (SSSR count). The zero-order valence-electron chi connectivity index (χ0n) is 13.2. The molecule has 24 heavy (non-hydrogen) atoms. The number of non-ortho nitro benzene ring substituents is 1. The van der Waals surface area contributed by atoms with Gasteiger partial charge >= 0.3 is 0 Å². The van der Waals surface area contributed by atoms with Crippen molar-refractivity contribution < 1.29 is 9.34 Å². The molecule has 126 valence electrons. The van der Waals surface area contributed by atoms with Gasteiger partial charge in [-0.15, -0.1) is 0 Å². The lowest BCUT2D eigenvalue weighted by atomic mass is 10.1. The van der Waals surface area contributed by atoms with Gasteiger partial charge in [0.25, 0.3) is 5.69 Å². The second kappa shape index (κ2) is 8.78. The minimum atomic E-state index is -0.437. The number of unbranched alkanes of at least 4 members (excludes halogenated alkanes) is 1. The molecule has 0 aliphatic heterocycles. The van der Waals surface area contributed by atoms with E-state index in [1.54, 1.807) is 24.3 Å². The average Bonchev–Trinajstić information content (AvgIpc) is 3.04. The highest BCUT2D eigenvalue weighted by atomic mass is 32.1. The number of thiocarbonyl (C=S) groups is 1. The number of hydrogen-bond donors (Lipinski definition) is 2. The van der Waals surface area contributed by atoms with Crippen LogP contribution in [0.25, 0.3) is 11.3 Å². The van der Waals surface area contributed by atoms with E-state index in [4.69, 9.17) is 16.6 Å². The minimum absolute atomic E-state index is 0.0420. The van der Waals surface area contributed by atoms with Crippen LogP contribution in [-0.4, -0.2) is 22.8 Å². The predicted octanol–water partition coefficient (Wildman–Crippen LogP) is 3.45. The summed E-state index contributed by atoms with van der Waals surface area (Å²) in [4.78, 5) is 10.2. The van der Waals surface area contributed by atoms with Crippen LogP contribution in [0.3, 0.4) is 0 Å². The summed E-state index contributed by atoms with van der Waals surface area (Å²) in [5, 5.41) is 18.2. The van der Waals surface area contributed by atoms with E-state index in [1.807, 2.05) is 0 Å². The third-order valence-electron chi connectivity index (χ3n) is 3.16. The minimum Gasteiger partial charge on any atom is -0.455 e. The molecule has 2 aromatic rings. The van der Waals surface area contributed by atoms with E-state index >= 15 is 0 Å². The number of nitrogens with one attached hydrogen (secondary N) is 2. The number of rotatable bonds is 7. The third kappa shape index (κ3) is 5.17. The van der Waals surface area contributed by atoms with Crippen LogP contribution >= 0.6 is 12.2 Å². The highest BCUT2D eigenvalue weighted by Gasteiger charge is 2.07. The van der Waals surface area contributed by atoms with E-state index in [-0.39, 0.29) is 5.69 Å². The van der Waals surface area contributed by atoms with Crippen molar-refractivity contribution in [3.8, 4) is 11.3 Å². The van der Waals surface area contributed by atoms with Crippen molar-refractivity contribution in [2.45, 2.75) is 19.8 Å². The maximum atomic E-state index is 10.7. The Morgan fingerprint density at radius 2 is 2.08 bits per heavy atom. The van der Waals surface area contributed by atoms with Gasteiger partial charge in [0.2, 0.25) is 0 Å². The van der Waals surface area contributed by atoms with Gasteiger partial charge in [0.15, 0.2) is 5.11 Å². The predicted molar refractivity (Wildman–Crippen MR) is 97.0 cm³/mol. The molecular weight excluding hydrogens is 328 g/mol. The van der Waals surface area contributed by atoms with Crippen LogP contribution in [0.15, 0.2) is 45.9 Å². The lowest BCUT2D eigenvalue weighted by Crippen LogP contribution is -2.32. The fourth-order valence-corrected chi connectivity index (χ4v) is 2.05. The molecule has 0 spiro atoms. The molecule has 0 bridgehead atoms. The quantitative estimate of drug-likeness (QED) is 0.262. The second-order valence-corrected chi connectivity index (χ2v) is 5.39. The molecule has 7 nitrogen and oxygen atoms in total. The molecule has 1 aromatic heterocycles. The Labute approximate surface area is 144 Å². The summed E-state index contributed by atoms with van der Waals surface area (Å²) in [6.45, 7) is 2.92. The first-order chi connectivity index (χ1) is 11.6. The van der Waals surface area contributed by atoms with E-state index in [0.717, 1.165) is 24.9 Å². The van der Waals surface area contributed by atoms with E-state index in [9.17, 15) is 10.1 Å². The van der Waals surface area contributed by atoms with Crippen LogP contribution in [0.4, 0.5) is 5.69 Å². The lowest BCUT2D eigenvalue weighted by molar-refractivity contribution is -0.384. The molecule has 2 N–H and O–H groups in total. The van der Waals surface area contributed by atoms with Crippen molar-refractivity contribution in [3.05, 3.63) is 52.3 Å². The number of nitro groups is 1. The van der Waals surface area contributed by atoms with Gasteiger partial charge in [-0.3, -0.25) is 15.5 Å². The Balaban J connectivity index is 1.91. The Morgan fingerprint density at radius 3 is 2.75 bits per heavy atom. The summed E-state index contributed by atoms with van der Waals surface area (Å²) < 4.78 is 5.63. The van der Waals surface area contributed by atoms with Gasteiger partial charge in [-0.25, -0.2) is 0 Å². The Bertz CT molecular complexity index is 725. The molecular formula is C16H18N4O3S. The summed E-state index contributed by atoms with van der Waals surface area (Å²) in [6, 6.07) is 9.70. The van der Waals surface area contributed by atoms with Crippen LogP contribution in [0.2, 0.25) is 0 Å². The SMILES string of the molecule is CCCCNC(=S)NN=Cc1ccc(-c2ccc([N+](=O)[O-])cc2)o1. The van der Waals surface area contributed by atoms with Gasteiger partial charge in [0, 0.05) is 24.2 Å². The van der Waals surface area contributed by atoms with Crippen LogP contribution in [-0.2, 0) is 0 Å². The first-order valence-electron chi connectivity index (χ1n) is 7.51. The van der Waals surface area contributed by atoms with Crippen molar-refractivity contribution in [1.82, 2.24) is 10.7 Å². The lowest BCUT2D eigenvalue weighted by Gasteiger charge is -2.04. The molecule has 0 aliphatic rings. The molecule has 0 atom stereocenters. The van der Waals surface area contributed by atoms with E-state index in [2.05, 4.69) is 22.8 Å². The van der Waals surface area contributed by atoms with Gasteiger partial charge in [-0.05, 0) is 42.9 Å². The Kier molecular flexibility index (Phi) is 6.44. The average molecular weight is 346 g/mol. The second-order valence-electron chi connectivity index (χ2n) is 4.99. The molecule has 0 unspecified atom stereocenters. The van der Waals surface area contributed by atoms with Gasteiger partial charge in [-0.2, -0.15) is 5.10 Å². The van der Waals surface area contributed by atoms with Crippen molar-refractivity contribution >= 4 is 29.2 Å². The third-order valence-corrected chi connectivity index (χ3v) is 3.40. The van der Waals surface area contributed by atoms with Crippen LogP contribution in [0.1, 0.15) is 25.5 Å². The normalized spacial score (nSPS) is 10.7. The van der Waals surface area contributed by atoms with Crippen LogP contribution in [0.5, 0.6) is 0 Å². The highest BCUT2D eigenvalue weighted by Crippen LogP contribution is 2.23. The maximum Gasteiger partial charge on any atom is 0.269 e. The van der Waals surface area contributed by atoms with Crippen molar-refractivity contribution in [3.63, 3.8) is 0 Å². The van der Waals surface area contributed by atoms with E-state index in [0.29, 0.717) is 16.6 Å². The van der Waals surface area contributed by atoms with Crippen molar-refractivity contribution in [1.29, 1.82) is 0 Å². The number of hydrogen-bond acceptors (Lipinski definition) is 5. The summed E-state index contributed by atoms with van der Waals surface area (Å²) in [6.07, 6.45) is 3.65.